The first-order valence-corrected chi connectivity index (χ1v) is 5.40. The largest absolute Gasteiger partial charge is 0.366 e. The zero-order valence-corrected chi connectivity index (χ0v) is 9.83. The highest BCUT2D eigenvalue weighted by atomic mass is 16.6. The van der Waals surface area contributed by atoms with Crippen molar-refractivity contribution in [1.29, 1.82) is 0 Å². The minimum absolute atomic E-state index is 0.0319. The van der Waals surface area contributed by atoms with Crippen molar-refractivity contribution >= 4 is 11.5 Å². The van der Waals surface area contributed by atoms with E-state index in [2.05, 4.69) is 15.3 Å². The van der Waals surface area contributed by atoms with Gasteiger partial charge in [0.15, 0.2) is 0 Å². The zero-order chi connectivity index (χ0) is 13.0. The van der Waals surface area contributed by atoms with Crippen LogP contribution in [-0.2, 0) is 6.54 Å². The summed E-state index contributed by atoms with van der Waals surface area (Å²) in [7, 11) is 0. The number of aromatic nitrogens is 2. The summed E-state index contributed by atoms with van der Waals surface area (Å²) in [4.78, 5) is 18.1. The number of hydrogen-bond donors (Lipinski definition) is 1. The van der Waals surface area contributed by atoms with Crippen LogP contribution in [-0.4, -0.2) is 14.9 Å². The lowest BCUT2D eigenvalue weighted by molar-refractivity contribution is -0.385. The van der Waals surface area contributed by atoms with Gasteiger partial charge >= 0.3 is 0 Å². The number of anilines is 1. The van der Waals surface area contributed by atoms with Crippen LogP contribution in [0.4, 0.5) is 11.5 Å². The van der Waals surface area contributed by atoms with Gasteiger partial charge in [-0.25, -0.2) is 4.98 Å². The molecule has 0 atom stereocenters. The average molecular weight is 244 g/mol. The minimum Gasteiger partial charge on any atom is -0.366 e. The maximum atomic E-state index is 10.7. The Labute approximate surface area is 104 Å². The van der Waals surface area contributed by atoms with Gasteiger partial charge in [-0.05, 0) is 30.7 Å². The fourth-order valence-electron chi connectivity index (χ4n) is 1.53. The van der Waals surface area contributed by atoms with Gasteiger partial charge in [0, 0.05) is 24.5 Å². The van der Waals surface area contributed by atoms with Crippen LogP contribution in [0, 0.1) is 17.0 Å². The van der Waals surface area contributed by atoms with Gasteiger partial charge in [-0.15, -0.1) is 0 Å². The number of nitrogens with one attached hydrogen (secondary N) is 1. The SMILES string of the molecule is Cc1cc(NCc2ccncc2)ncc1[N+](=O)[O-]. The summed E-state index contributed by atoms with van der Waals surface area (Å²) in [6.45, 7) is 2.30. The van der Waals surface area contributed by atoms with Crippen LogP contribution < -0.4 is 5.32 Å². The zero-order valence-electron chi connectivity index (χ0n) is 9.83. The summed E-state index contributed by atoms with van der Waals surface area (Å²) in [6, 6.07) is 5.45. The van der Waals surface area contributed by atoms with Crippen molar-refractivity contribution in [1.82, 2.24) is 9.97 Å². The van der Waals surface area contributed by atoms with E-state index in [1.54, 1.807) is 25.4 Å². The Morgan fingerprint density at radius 2 is 2.11 bits per heavy atom. The lowest BCUT2D eigenvalue weighted by Gasteiger charge is -2.06. The first-order chi connectivity index (χ1) is 8.66. The van der Waals surface area contributed by atoms with Crippen LogP contribution in [0.1, 0.15) is 11.1 Å². The summed E-state index contributed by atoms with van der Waals surface area (Å²) >= 11 is 0. The number of aryl methyl sites for hydroxylation is 1. The van der Waals surface area contributed by atoms with E-state index in [1.807, 2.05) is 12.1 Å². The number of nitrogens with zero attached hydrogens (tertiary/aromatic N) is 3. The number of rotatable bonds is 4. The quantitative estimate of drug-likeness (QED) is 0.659. The van der Waals surface area contributed by atoms with E-state index in [1.165, 1.54) is 6.20 Å². The molecule has 2 aromatic rings. The third-order valence-corrected chi connectivity index (χ3v) is 2.50. The molecule has 0 unspecified atom stereocenters. The Hall–Kier alpha value is -2.50. The maximum absolute atomic E-state index is 10.7. The van der Waals surface area contributed by atoms with Gasteiger partial charge in [0.05, 0.1) is 4.92 Å². The second-order valence-corrected chi connectivity index (χ2v) is 3.82. The summed E-state index contributed by atoms with van der Waals surface area (Å²) < 4.78 is 0. The molecule has 0 saturated carbocycles. The molecule has 0 spiro atoms. The Balaban J connectivity index is 2.07. The number of pyridine rings is 2. The third kappa shape index (κ3) is 2.79. The topological polar surface area (TPSA) is 81.0 Å². The molecule has 92 valence electrons. The Kier molecular flexibility index (Phi) is 3.47. The highest BCUT2D eigenvalue weighted by Gasteiger charge is 2.10. The highest BCUT2D eigenvalue weighted by molar-refractivity contribution is 5.47. The maximum Gasteiger partial charge on any atom is 0.290 e. The van der Waals surface area contributed by atoms with Crippen molar-refractivity contribution in [3.8, 4) is 0 Å². The molecule has 0 saturated heterocycles. The van der Waals surface area contributed by atoms with Gasteiger partial charge in [0.25, 0.3) is 5.69 Å². The molecular formula is C12H12N4O2. The van der Waals surface area contributed by atoms with Crippen molar-refractivity contribution in [2.24, 2.45) is 0 Å². The third-order valence-electron chi connectivity index (χ3n) is 2.50. The second-order valence-electron chi connectivity index (χ2n) is 3.82. The highest BCUT2D eigenvalue weighted by Crippen LogP contribution is 2.19. The van der Waals surface area contributed by atoms with Crippen molar-refractivity contribution in [2.75, 3.05) is 5.32 Å². The fraction of sp³-hybridized carbons (Fsp3) is 0.167. The van der Waals surface area contributed by atoms with Crippen LogP contribution in [0.3, 0.4) is 0 Å². The molecule has 0 amide bonds. The first kappa shape index (κ1) is 12.0. The molecular weight excluding hydrogens is 232 g/mol. The molecule has 2 aromatic heterocycles. The van der Waals surface area contributed by atoms with Crippen LogP contribution in [0.15, 0.2) is 36.8 Å². The standard InChI is InChI=1S/C12H12N4O2/c1-9-6-12(15-8-11(9)16(17)18)14-7-10-2-4-13-5-3-10/h2-6,8H,7H2,1H3,(H,14,15). The summed E-state index contributed by atoms with van der Waals surface area (Å²) in [5.41, 5.74) is 1.69. The van der Waals surface area contributed by atoms with Crippen molar-refractivity contribution in [3.63, 3.8) is 0 Å². The minimum atomic E-state index is -0.436. The van der Waals surface area contributed by atoms with Crippen molar-refractivity contribution in [2.45, 2.75) is 13.5 Å². The van der Waals surface area contributed by atoms with Gasteiger partial charge in [0.1, 0.15) is 12.0 Å². The molecule has 2 heterocycles. The Bertz CT molecular complexity index is 557. The van der Waals surface area contributed by atoms with Gasteiger partial charge in [0.2, 0.25) is 0 Å². The van der Waals surface area contributed by atoms with Gasteiger partial charge in [-0.3, -0.25) is 15.1 Å². The van der Waals surface area contributed by atoms with Crippen LogP contribution >= 0.6 is 0 Å². The van der Waals surface area contributed by atoms with Gasteiger partial charge in [-0.1, -0.05) is 0 Å². The number of nitro groups is 1. The molecule has 0 radical (unpaired) electrons. The lowest BCUT2D eigenvalue weighted by Crippen LogP contribution is -2.02. The monoisotopic (exact) mass is 244 g/mol. The van der Waals surface area contributed by atoms with E-state index in [0.29, 0.717) is 17.9 Å². The summed E-state index contributed by atoms with van der Waals surface area (Å²) in [6.07, 6.45) is 4.70. The molecule has 0 aliphatic heterocycles. The van der Waals surface area contributed by atoms with E-state index < -0.39 is 4.92 Å². The van der Waals surface area contributed by atoms with Crippen LogP contribution in [0.5, 0.6) is 0 Å². The predicted molar refractivity (Wildman–Crippen MR) is 67.2 cm³/mol. The van der Waals surface area contributed by atoms with E-state index >= 15 is 0 Å². The molecule has 0 fully saturated rings. The normalized spacial score (nSPS) is 10.1. The van der Waals surface area contributed by atoms with Crippen LogP contribution in [0.25, 0.3) is 0 Å². The Morgan fingerprint density at radius 1 is 1.39 bits per heavy atom. The molecule has 6 nitrogen and oxygen atoms in total. The summed E-state index contributed by atoms with van der Waals surface area (Å²) in [5, 5.41) is 13.8. The molecule has 0 aromatic carbocycles. The predicted octanol–water partition coefficient (Wildman–Crippen LogP) is 2.31. The smallest absolute Gasteiger partial charge is 0.290 e. The molecule has 0 aliphatic rings. The molecule has 1 N–H and O–H groups in total. The lowest BCUT2D eigenvalue weighted by atomic mass is 10.2. The number of hydrogen-bond acceptors (Lipinski definition) is 5. The van der Waals surface area contributed by atoms with Gasteiger partial charge in [-0.2, -0.15) is 0 Å². The van der Waals surface area contributed by atoms with Crippen LogP contribution in [0.2, 0.25) is 0 Å². The van der Waals surface area contributed by atoms with Gasteiger partial charge < -0.3 is 5.32 Å². The molecule has 18 heavy (non-hydrogen) atoms. The van der Waals surface area contributed by atoms with Crippen molar-refractivity contribution in [3.05, 3.63) is 58.0 Å². The Morgan fingerprint density at radius 3 is 2.72 bits per heavy atom. The second kappa shape index (κ2) is 5.22. The van der Waals surface area contributed by atoms with E-state index in [0.717, 1.165) is 5.56 Å². The van der Waals surface area contributed by atoms with E-state index in [9.17, 15) is 10.1 Å². The molecule has 0 aliphatic carbocycles. The molecule has 2 rings (SSSR count). The average Bonchev–Trinajstić information content (AvgIpc) is 2.37. The van der Waals surface area contributed by atoms with E-state index in [-0.39, 0.29) is 5.69 Å². The first-order valence-electron chi connectivity index (χ1n) is 5.40. The van der Waals surface area contributed by atoms with Crippen molar-refractivity contribution < 1.29 is 4.92 Å². The fourth-order valence-corrected chi connectivity index (χ4v) is 1.53. The van der Waals surface area contributed by atoms with E-state index in [4.69, 9.17) is 0 Å². The molecule has 6 heteroatoms. The molecule has 0 bridgehead atoms. The summed E-state index contributed by atoms with van der Waals surface area (Å²) in [5.74, 6) is 0.620.